The quantitative estimate of drug-likeness (QED) is 0.229. The Morgan fingerprint density at radius 1 is 1.08 bits per heavy atom. The molecule has 11 nitrogen and oxygen atoms in total. The van der Waals surface area contributed by atoms with Crippen LogP contribution in [-0.2, 0) is 14.2 Å². The monoisotopic (exact) mass is 643 g/mol. The molecular weight excluding hydrogens is 617 g/mol. The summed E-state index contributed by atoms with van der Waals surface area (Å²) in [6.07, 6.45) is -2.14. The van der Waals surface area contributed by atoms with Crippen LogP contribution in [0.2, 0.25) is 0 Å². The summed E-state index contributed by atoms with van der Waals surface area (Å²) in [6, 6.07) is 14.1. The zero-order valence-corrected chi connectivity index (χ0v) is 23.6. The number of halogens is 1. The van der Waals surface area contributed by atoms with Gasteiger partial charge in [0.1, 0.15) is 34.1 Å². The van der Waals surface area contributed by atoms with E-state index in [4.69, 9.17) is 24.4 Å². The molecule has 0 amide bonds. The zero-order chi connectivity index (χ0) is 27.7. The summed E-state index contributed by atoms with van der Waals surface area (Å²) in [5.41, 5.74) is 3.09. The van der Waals surface area contributed by atoms with Crippen molar-refractivity contribution in [3.05, 3.63) is 80.1 Å². The average molecular weight is 643 g/mol. The molecular formula is C27H26IN5O6. The van der Waals surface area contributed by atoms with Gasteiger partial charge in [-0.3, -0.25) is 15.1 Å². The van der Waals surface area contributed by atoms with Crippen molar-refractivity contribution in [2.45, 2.75) is 38.7 Å². The lowest BCUT2D eigenvalue weighted by atomic mass is 10.1. The fourth-order valence-corrected chi connectivity index (χ4v) is 4.95. The molecule has 0 spiro atoms. The number of hydrogen-bond acceptors (Lipinski definition) is 9. The summed E-state index contributed by atoms with van der Waals surface area (Å²) in [6.45, 7) is 3.70. The highest BCUT2D eigenvalue weighted by atomic mass is 127. The second-order valence-corrected chi connectivity index (χ2v) is 10.3. The van der Waals surface area contributed by atoms with E-state index in [1.165, 1.54) is 11.7 Å². The van der Waals surface area contributed by atoms with E-state index < -0.39 is 30.4 Å². The number of esters is 2. The average Bonchev–Trinajstić information content (AvgIpc) is 3.50. The maximum atomic E-state index is 13.0. The summed E-state index contributed by atoms with van der Waals surface area (Å²) in [5.74, 6) is -0.786. The third kappa shape index (κ3) is 5.52. The molecule has 4 aromatic rings. The molecule has 0 bridgehead atoms. The molecule has 1 aliphatic heterocycles. The van der Waals surface area contributed by atoms with Gasteiger partial charge in [-0.05, 0) is 60.7 Å². The first-order chi connectivity index (χ1) is 18.7. The predicted octanol–water partition coefficient (Wildman–Crippen LogP) is 3.84. The Morgan fingerprint density at radius 2 is 1.69 bits per heavy atom. The van der Waals surface area contributed by atoms with Crippen LogP contribution in [0.15, 0.2) is 48.5 Å². The minimum absolute atomic E-state index is 0.145. The van der Waals surface area contributed by atoms with Crippen LogP contribution in [0.4, 0.5) is 0 Å². The van der Waals surface area contributed by atoms with Crippen LogP contribution in [-0.4, -0.2) is 57.6 Å². The Labute approximate surface area is 237 Å². The molecule has 5 rings (SSSR count). The Balaban J connectivity index is 1.42. The van der Waals surface area contributed by atoms with Crippen LogP contribution < -0.4 is 10.4 Å². The molecule has 39 heavy (non-hydrogen) atoms. The summed E-state index contributed by atoms with van der Waals surface area (Å²) in [4.78, 5) is 29.9. The van der Waals surface area contributed by atoms with Crippen molar-refractivity contribution >= 4 is 45.6 Å². The van der Waals surface area contributed by atoms with Gasteiger partial charge in [-0.2, -0.15) is 10.1 Å². The molecule has 1 saturated heterocycles. The number of rotatable bonds is 7. The number of carbonyl (C=O) groups excluding carboxylic acids is 2. The van der Waals surface area contributed by atoms with Crippen LogP contribution >= 0.6 is 22.6 Å². The molecule has 1 unspecified atom stereocenters. The SMILES string of the molecule is COc1nc(=N)n([C@H]2CC(OC(=O)c3ccc(C)cc3)[C@@H](COC(=O)c3ccc(C)cc3)O2)c2n[nH]c(I)c12. The van der Waals surface area contributed by atoms with Crippen molar-refractivity contribution < 1.29 is 28.5 Å². The molecule has 0 radical (unpaired) electrons. The van der Waals surface area contributed by atoms with Crippen molar-refractivity contribution in [1.29, 1.82) is 5.41 Å². The number of aryl methyl sites for hydroxylation is 2. The van der Waals surface area contributed by atoms with Crippen molar-refractivity contribution in [3.63, 3.8) is 0 Å². The number of carbonyl (C=O) groups is 2. The van der Waals surface area contributed by atoms with Gasteiger partial charge in [0.15, 0.2) is 5.65 Å². The largest absolute Gasteiger partial charge is 0.480 e. The lowest BCUT2D eigenvalue weighted by Gasteiger charge is -2.19. The van der Waals surface area contributed by atoms with Crippen molar-refractivity contribution in [3.8, 4) is 5.88 Å². The van der Waals surface area contributed by atoms with Crippen LogP contribution in [0.1, 0.15) is 44.5 Å². The van der Waals surface area contributed by atoms with Crippen molar-refractivity contribution in [1.82, 2.24) is 19.7 Å². The van der Waals surface area contributed by atoms with Crippen LogP contribution in [0.5, 0.6) is 5.88 Å². The molecule has 0 saturated carbocycles. The van der Waals surface area contributed by atoms with Crippen molar-refractivity contribution in [2.75, 3.05) is 13.7 Å². The van der Waals surface area contributed by atoms with Crippen LogP contribution in [0.25, 0.3) is 11.0 Å². The van der Waals surface area contributed by atoms with Gasteiger partial charge in [0.25, 0.3) is 0 Å². The smallest absolute Gasteiger partial charge is 0.338 e. The summed E-state index contributed by atoms with van der Waals surface area (Å²) >= 11 is 2.07. The molecule has 2 N–H and O–H groups in total. The summed E-state index contributed by atoms with van der Waals surface area (Å²) in [5, 5.41) is 16.4. The van der Waals surface area contributed by atoms with E-state index in [0.717, 1.165) is 11.1 Å². The molecule has 1 fully saturated rings. The Morgan fingerprint density at radius 3 is 2.31 bits per heavy atom. The maximum Gasteiger partial charge on any atom is 0.338 e. The number of H-pyrrole nitrogens is 1. The molecule has 3 atom stereocenters. The molecule has 1 aliphatic rings. The fraction of sp³-hybridized carbons (Fsp3) is 0.296. The Hall–Kier alpha value is -3.78. The topological polar surface area (TPSA) is 141 Å². The number of methoxy groups -OCH3 is 1. The van der Waals surface area contributed by atoms with Gasteiger partial charge < -0.3 is 18.9 Å². The van der Waals surface area contributed by atoms with E-state index in [1.54, 1.807) is 24.3 Å². The minimum atomic E-state index is -0.791. The maximum absolute atomic E-state index is 13.0. The minimum Gasteiger partial charge on any atom is -0.480 e. The second kappa shape index (κ2) is 11.1. The number of hydrogen-bond donors (Lipinski definition) is 2. The predicted molar refractivity (Wildman–Crippen MR) is 147 cm³/mol. The lowest BCUT2D eigenvalue weighted by molar-refractivity contribution is -0.0575. The second-order valence-electron chi connectivity index (χ2n) is 9.19. The van der Waals surface area contributed by atoms with Gasteiger partial charge in [0.2, 0.25) is 11.5 Å². The number of nitrogens with zero attached hydrogens (tertiary/aromatic N) is 3. The summed E-state index contributed by atoms with van der Waals surface area (Å²) < 4.78 is 25.2. The van der Waals surface area contributed by atoms with Crippen LogP contribution in [0.3, 0.4) is 0 Å². The molecule has 3 heterocycles. The first-order valence-electron chi connectivity index (χ1n) is 12.2. The highest BCUT2D eigenvalue weighted by Gasteiger charge is 2.41. The van der Waals surface area contributed by atoms with Crippen molar-refractivity contribution in [2.24, 2.45) is 0 Å². The molecule has 0 aliphatic carbocycles. The van der Waals surface area contributed by atoms with E-state index >= 15 is 0 Å². The van der Waals surface area contributed by atoms with Gasteiger partial charge >= 0.3 is 11.9 Å². The zero-order valence-electron chi connectivity index (χ0n) is 21.4. The highest BCUT2D eigenvalue weighted by molar-refractivity contribution is 14.1. The highest BCUT2D eigenvalue weighted by Crippen LogP contribution is 2.34. The molecule has 2 aromatic heterocycles. The van der Waals surface area contributed by atoms with E-state index in [1.807, 2.05) is 38.1 Å². The standard InChI is InChI=1S/C27H26IN5O6/c1-14-4-8-16(9-5-14)25(34)37-13-19-18(39-26(35)17-10-6-15(2)7-11-17)12-20(38-19)33-23-21(22(28)31-32-23)24(36-3)30-27(33)29/h4-11,18-20,29H,12-13H2,1-3H3,(H,31,32)/t18?,19-,20-/m1/s1. The normalized spacial score (nSPS) is 18.7. The van der Waals surface area contributed by atoms with Gasteiger partial charge in [0.05, 0.1) is 18.2 Å². The van der Waals surface area contributed by atoms with Gasteiger partial charge in [-0.15, -0.1) is 0 Å². The number of nitrogens with one attached hydrogen (secondary N) is 2. The Kier molecular flexibility index (Phi) is 7.66. The fourth-order valence-electron chi connectivity index (χ4n) is 4.36. The van der Waals surface area contributed by atoms with E-state index in [0.29, 0.717) is 25.9 Å². The van der Waals surface area contributed by atoms with E-state index in [-0.39, 0.29) is 24.5 Å². The first kappa shape index (κ1) is 26.8. The number of aromatic nitrogens is 4. The Bertz CT molecular complexity index is 1580. The number of benzene rings is 2. The van der Waals surface area contributed by atoms with Crippen LogP contribution in [0, 0.1) is 23.0 Å². The number of ether oxygens (including phenoxy) is 4. The first-order valence-corrected chi connectivity index (χ1v) is 13.2. The number of fused-ring (bicyclic) bond motifs is 1. The molecule has 202 valence electrons. The molecule has 2 aromatic carbocycles. The van der Waals surface area contributed by atoms with E-state index in [9.17, 15) is 9.59 Å². The molecule has 12 heteroatoms. The lowest BCUT2D eigenvalue weighted by Crippen LogP contribution is -2.32. The summed E-state index contributed by atoms with van der Waals surface area (Å²) in [7, 11) is 1.47. The third-order valence-electron chi connectivity index (χ3n) is 6.45. The van der Waals surface area contributed by atoms with Gasteiger partial charge in [-0.25, -0.2) is 9.59 Å². The number of aromatic amines is 1. The van der Waals surface area contributed by atoms with Gasteiger partial charge in [0, 0.05) is 6.42 Å². The van der Waals surface area contributed by atoms with Gasteiger partial charge in [-0.1, -0.05) is 35.4 Å². The third-order valence-corrected chi connectivity index (χ3v) is 7.23. The van der Waals surface area contributed by atoms with E-state index in [2.05, 4.69) is 37.8 Å².